The van der Waals surface area contributed by atoms with Gasteiger partial charge in [-0.3, -0.25) is 13.9 Å². The summed E-state index contributed by atoms with van der Waals surface area (Å²) in [5, 5.41) is 11.9. The largest absolute Gasteiger partial charge is 0.496 e. The number of carboxylic acid groups (broad SMARTS) is 1. The van der Waals surface area contributed by atoms with Gasteiger partial charge in [0.25, 0.3) is 0 Å². The molecule has 1 aromatic carbocycles. The third kappa shape index (κ3) is 8.44. The Hall–Kier alpha value is -1.93. The number of aryl methyl sites for hydroxylation is 1. The summed E-state index contributed by atoms with van der Waals surface area (Å²) in [6.07, 6.45) is 0.0978. The molecule has 30 heavy (non-hydrogen) atoms. The molecule has 0 heterocycles. The number of para-hydroxylation sites is 1. The topological polar surface area (TPSA) is 148 Å². The van der Waals surface area contributed by atoms with Crippen molar-refractivity contribution < 1.29 is 33.4 Å². The number of nitrogens with one attached hydrogen (secondary N) is 1. The lowest BCUT2D eigenvalue weighted by Crippen LogP contribution is -2.40. The van der Waals surface area contributed by atoms with Crippen LogP contribution in [0.5, 0.6) is 5.75 Å². The van der Waals surface area contributed by atoms with E-state index in [0.29, 0.717) is 31.6 Å². The van der Waals surface area contributed by atoms with Crippen molar-refractivity contribution in [2.24, 2.45) is 11.7 Å². The van der Waals surface area contributed by atoms with Crippen molar-refractivity contribution in [2.75, 3.05) is 13.7 Å². The van der Waals surface area contributed by atoms with Gasteiger partial charge in [0.15, 0.2) is 6.10 Å². The molecule has 9 nitrogen and oxygen atoms in total. The van der Waals surface area contributed by atoms with Gasteiger partial charge in [0.1, 0.15) is 11.5 Å². The summed E-state index contributed by atoms with van der Waals surface area (Å²) < 4.78 is 23.2. The number of hydrogen-bond donors (Lipinski definition) is 4. The quantitative estimate of drug-likeness (QED) is 0.253. The van der Waals surface area contributed by atoms with E-state index in [1.165, 1.54) is 0 Å². The van der Waals surface area contributed by atoms with E-state index < -0.39 is 37.3 Å². The maximum absolute atomic E-state index is 12.8. The maximum Gasteiger partial charge on any atom is 0.351 e. The summed E-state index contributed by atoms with van der Waals surface area (Å²) >= 11 is 0. The molecular formula is C20H33N2O7P. The van der Waals surface area contributed by atoms with Crippen LogP contribution in [0, 0.1) is 5.92 Å². The number of aliphatic carboxylic acids is 1. The molecule has 2 unspecified atom stereocenters. The van der Waals surface area contributed by atoms with Crippen LogP contribution in [0.2, 0.25) is 0 Å². The van der Waals surface area contributed by atoms with Crippen LogP contribution in [0.1, 0.15) is 45.1 Å². The minimum absolute atomic E-state index is 0.0592. The van der Waals surface area contributed by atoms with Gasteiger partial charge in [0, 0.05) is 6.42 Å². The van der Waals surface area contributed by atoms with Gasteiger partial charge >= 0.3 is 13.6 Å². The van der Waals surface area contributed by atoms with Gasteiger partial charge in [0.05, 0.1) is 7.11 Å². The third-order valence-corrected chi connectivity index (χ3v) is 6.56. The van der Waals surface area contributed by atoms with Crippen molar-refractivity contribution >= 4 is 19.5 Å². The molecule has 0 aliphatic rings. The number of carbonyl (C=O) groups is 2. The Morgan fingerprint density at radius 3 is 2.47 bits per heavy atom. The summed E-state index contributed by atoms with van der Waals surface area (Å²) in [4.78, 5) is 34.3. The first kappa shape index (κ1) is 26.1. The zero-order valence-corrected chi connectivity index (χ0v) is 18.6. The SMILES string of the molecule is COc1ccccc1CCC(=O)NC(C(C)C)P(=O)(O)O[C@@H](CCCCN)C(=O)O. The Labute approximate surface area is 177 Å². The first-order valence-corrected chi connectivity index (χ1v) is 11.6. The van der Waals surface area contributed by atoms with Gasteiger partial charge in [0.2, 0.25) is 5.91 Å². The number of methoxy groups -OCH3 is 1. The molecule has 0 aromatic heterocycles. The Balaban J connectivity index is 2.79. The van der Waals surface area contributed by atoms with E-state index in [9.17, 15) is 24.2 Å². The van der Waals surface area contributed by atoms with Crippen molar-refractivity contribution in [1.29, 1.82) is 0 Å². The summed E-state index contributed by atoms with van der Waals surface area (Å²) in [6, 6.07) is 7.28. The van der Waals surface area contributed by atoms with Gasteiger partial charge in [-0.05, 0) is 49.8 Å². The molecule has 0 aliphatic carbocycles. The molecule has 0 aliphatic heterocycles. The second kappa shape index (κ2) is 12.7. The first-order valence-electron chi connectivity index (χ1n) is 9.97. The predicted octanol–water partition coefficient (Wildman–Crippen LogP) is 2.51. The average molecular weight is 444 g/mol. The van der Waals surface area contributed by atoms with Crippen LogP contribution >= 0.6 is 7.60 Å². The number of amides is 1. The fraction of sp³-hybridized carbons (Fsp3) is 0.600. The molecule has 1 rings (SSSR count). The van der Waals surface area contributed by atoms with Crippen LogP contribution in [0.3, 0.4) is 0 Å². The number of carboxylic acids is 1. The molecule has 3 atom stereocenters. The van der Waals surface area contributed by atoms with Gasteiger partial charge in [-0.2, -0.15) is 0 Å². The number of rotatable bonds is 14. The second-order valence-corrected chi connectivity index (χ2v) is 9.24. The van der Waals surface area contributed by atoms with Crippen LogP contribution in [-0.4, -0.2) is 47.4 Å². The van der Waals surface area contributed by atoms with Crippen molar-refractivity contribution in [3.63, 3.8) is 0 Å². The van der Waals surface area contributed by atoms with E-state index in [-0.39, 0.29) is 12.8 Å². The lowest BCUT2D eigenvalue weighted by atomic mass is 10.1. The van der Waals surface area contributed by atoms with E-state index in [4.69, 9.17) is 15.0 Å². The summed E-state index contributed by atoms with van der Waals surface area (Å²) in [5.41, 5.74) is 6.24. The third-order valence-electron chi connectivity index (χ3n) is 4.58. The number of hydrogen-bond acceptors (Lipinski definition) is 6. The van der Waals surface area contributed by atoms with Crippen molar-refractivity contribution in [2.45, 2.75) is 57.8 Å². The molecule has 0 saturated heterocycles. The van der Waals surface area contributed by atoms with E-state index in [1.54, 1.807) is 27.0 Å². The highest BCUT2D eigenvalue weighted by molar-refractivity contribution is 7.53. The highest BCUT2D eigenvalue weighted by Crippen LogP contribution is 2.50. The molecule has 0 spiro atoms. The number of benzene rings is 1. The van der Waals surface area contributed by atoms with E-state index in [2.05, 4.69) is 5.32 Å². The molecule has 0 bridgehead atoms. The summed E-state index contributed by atoms with van der Waals surface area (Å²) in [6.45, 7) is 3.70. The van der Waals surface area contributed by atoms with Crippen LogP contribution in [0.15, 0.2) is 24.3 Å². The van der Waals surface area contributed by atoms with Crippen LogP contribution in [0.25, 0.3) is 0 Å². The normalized spacial score (nSPS) is 15.3. The zero-order chi connectivity index (χ0) is 22.7. The molecule has 1 amide bonds. The fourth-order valence-electron chi connectivity index (χ4n) is 2.96. The van der Waals surface area contributed by atoms with Crippen LogP contribution in [-0.2, 0) is 25.1 Å². The lowest BCUT2D eigenvalue weighted by Gasteiger charge is -2.28. The maximum atomic E-state index is 12.8. The van der Waals surface area contributed by atoms with Crippen molar-refractivity contribution in [3.8, 4) is 5.75 Å². The zero-order valence-electron chi connectivity index (χ0n) is 17.7. The van der Waals surface area contributed by atoms with Gasteiger partial charge in [-0.25, -0.2) is 4.79 Å². The molecule has 5 N–H and O–H groups in total. The molecule has 0 radical (unpaired) electrons. The van der Waals surface area contributed by atoms with Crippen LogP contribution < -0.4 is 15.8 Å². The molecule has 0 fully saturated rings. The minimum Gasteiger partial charge on any atom is -0.496 e. The van der Waals surface area contributed by atoms with Crippen molar-refractivity contribution in [3.05, 3.63) is 29.8 Å². The number of carbonyl (C=O) groups excluding carboxylic acids is 1. The molecule has 1 aromatic rings. The highest BCUT2D eigenvalue weighted by atomic mass is 31.2. The first-order chi connectivity index (χ1) is 14.1. The van der Waals surface area contributed by atoms with E-state index in [1.807, 2.05) is 18.2 Å². The lowest BCUT2D eigenvalue weighted by molar-refractivity contribution is -0.145. The Kier molecular flexibility index (Phi) is 11.0. The Morgan fingerprint density at radius 1 is 1.23 bits per heavy atom. The number of unbranched alkanes of at least 4 members (excludes halogenated alkanes) is 1. The smallest absolute Gasteiger partial charge is 0.351 e. The standard InChI is InChI=1S/C20H33N2O7P/c1-14(2)19(30(26,27)29-17(20(24)25)10-6-7-13-21)22-18(23)12-11-15-8-4-5-9-16(15)28-3/h4-5,8-9,14,17,19H,6-7,10-13,21H2,1-3H3,(H,22,23)(H,24,25)(H,26,27)/t17-,19?/m0/s1. The number of nitrogens with two attached hydrogens (primary N) is 1. The van der Waals surface area contributed by atoms with Crippen molar-refractivity contribution in [1.82, 2.24) is 5.32 Å². The van der Waals surface area contributed by atoms with Gasteiger partial charge in [-0.1, -0.05) is 32.0 Å². The molecular weight excluding hydrogens is 411 g/mol. The Bertz CT molecular complexity index is 742. The molecule has 170 valence electrons. The number of ether oxygens (including phenoxy) is 1. The monoisotopic (exact) mass is 444 g/mol. The van der Waals surface area contributed by atoms with E-state index >= 15 is 0 Å². The average Bonchev–Trinajstić information content (AvgIpc) is 2.69. The molecule has 0 saturated carbocycles. The fourth-order valence-corrected chi connectivity index (χ4v) is 4.72. The van der Waals surface area contributed by atoms with Gasteiger partial charge in [-0.15, -0.1) is 0 Å². The van der Waals surface area contributed by atoms with Crippen LogP contribution in [0.4, 0.5) is 0 Å². The highest BCUT2D eigenvalue weighted by Gasteiger charge is 2.40. The molecule has 10 heteroatoms. The minimum atomic E-state index is -4.45. The Morgan fingerprint density at radius 2 is 1.90 bits per heavy atom. The van der Waals surface area contributed by atoms with Gasteiger partial charge < -0.3 is 25.8 Å². The summed E-state index contributed by atoms with van der Waals surface area (Å²) in [7, 11) is -2.91. The predicted molar refractivity (Wildman–Crippen MR) is 113 cm³/mol. The van der Waals surface area contributed by atoms with E-state index in [0.717, 1.165) is 5.56 Å². The second-order valence-electron chi connectivity index (χ2n) is 7.35. The summed E-state index contributed by atoms with van der Waals surface area (Å²) in [5.74, 6) is -2.78.